The smallest absolute Gasteiger partial charge is 0.331 e. The highest BCUT2D eigenvalue weighted by Gasteiger charge is 2.28. The molecule has 8 heteroatoms. The van der Waals surface area contributed by atoms with E-state index in [2.05, 4.69) is 10.1 Å². The number of esters is 1. The van der Waals surface area contributed by atoms with Crippen molar-refractivity contribution in [2.24, 2.45) is 5.73 Å². The zero-order valence-corrected chi connectivity index (χ0v) is 9.54. The topological polar surface area (TPSA) is 139 Å². The molecule has 98 valence electrons. The molecule has 0 saturated heterocycles. The summed E-state index contributed by atoms with van der Waals surface area (Å²) in [6.07, 6.45) is -1.75. The van der Waals surface area contributed by atoms with Crippen LogP contribution in [0.25, 0.3) is 0 Å². The van der Waals surface area contributed by atoms with Crippen LogP contribution in [0, 0.1) is 0 Å². The second-order valence-corrected chi connectivity index (χ2v) is 3.45. The fourth-order valence-corrected chi connectivity index (χ4v) is 1.04. The SMILES string of the molecule is COC(=O)[C@@H](NC(=O)[C@@H](N)CC(=O)O)[C@@H](C)O. The number of hydrogen-bond donors (Lipinski definition) is 4. The second-order valence-electron chi connectivity index (χ2n) is 3.45. The predicted octanol–water partition coefficient (Wildman–Crippen LogP) is -2.17. The minimum atomic E-state index is -1.29. The Hall–Kier alpha value is -1.67. The molecule has 0 fully saturated rings. The average molecular weight is 248 g/mol. The largest absolute Gasteiger partial charge is 0.481 e. The Bertz CT molecular complexity index is 304. The number of carboxylic acid groups (broad SMARTS) is 1. The maximum absolute atomic E-state index is 11.4. The van der Waals surface area contributed by atoms with Crippen molar-refractivity contribution in [3.05, 3.63) is 0 Å². The zero-order chi connectivity index (χ0) is 13.6. The third kappa shape index (κ3) is 5.27. The Kier molecular flexibility index (Phi) is 6.15. The molecule has 8 nitrogen and oxygen atoms in total. The maximum atomic E-state index is 11.4. The Labute approximate surface area is 97.7 Å². The van der Waals surface area contributed by atoms with Crippen molar-refractivity contribution in [2.75, 3.05) is 7.11 Å². The summed E-state index contributed by atoms with van der Waals surface area (Å²) in [7, 11) is 1.10. The van der Waals surface area contributed by atoms with E-state index in [1.807, 2.05) is 0 Å². The van der Waals surface area contributed by atoms with Crippen LogP contribution >= 0.6 is 0 Å². The molecule has 0 unspecified atom stereocenters. The number of nitrogens with two attached hydrogens (primary N) is 1. The van der Waals surface area contributed by atoms with E-state index < -0.39 is 42.5 Å². The van der Waals surface area contributed by atoms with Crippen molar-refractivity contribution in [2.45, 2.75) is 31.5 Å². The lowest BCUT2D eigenvalue weighted by Gasteiger charge is -2.20. The summed E-state index contributed by atoms with van der Waals surface area (Å²) >= 11 is 0. The van der Waals surface area contributed by atoms with Crippen molar-refractivity contribution in [3.63, 3.8) is 0 Å². The van der Waals surface area contributed by atoms with E-state index in [4.69, 9.17) is 10.8 Å². The molecule has 3 atom stereocenters. The van der Waals surface area contributed by atoms with E-state index in [0.717, 1.165) is 7.11 Å². The van der Waals surface area contributed by atoms with Crippen LogP contribution in [0.4, 0.5) is 0 Å². The number of amides is 1. The standard InChI is InChI=1S/C9H16N2O6/c1-4(12)7(9(16)17-2)11-8(15)5(10)3-6(13)14/h4-5,7,12H,3,10H2,1-2H3,(H,11,15)(H,13,14)/t4-,5+,7+/m1/s1. The van der Waals surface area contributed by atoms with Crippen molar-refractivity contribution < 1.29 is 29.3 Å². The number of nitrogens with one attached hydrogen (secondary N) is 1. The molecule has 0 aliphatic rings. The van der Waals surface area contributed by atoms with Crippen molar-refractivity contribution >= 4 is 17.8 Å². The van der Waals surface area contributed by atoms with Crippen LogP contribution in [-0.4, -0.2) is 53.4 Å². The number of carboxylic acids is 1. The summed E-state index contributed by atoms with van der Waals surface area (Å²) in [5.41, 5.74) is 5.28. The lowest BCUT2D eigenvalue weighted by molar-refractivity contribution is -0.148. The Morgan fingerprint density at radius 3 is 2.29 bits per heavy atom. The molecule has 0 spiro atoms. The molecule has 0 rings (SSSR count). The van der Waals surface area contributed by atoms with Crippen LogP contribution < -0.4 is 11.1 Å². The first-order valence-corrected chi connectivity index (χ1v) is 4.83. The molecule has 5 N–H and O–H groups in total. The van der Waals surface area contributed by atoms with Crippen molar-refractivity contribution in [3.8, 4) is 0 Å². The van der Waals surface area contributed by atoms with Gasteiger partial charge in [-0.25, -0.2) is 4.79 Å². The van der Waals surface area contributed by atoms with Crippen LogP contribution in [0.3, 0.4) is 0 Å². The number of methoxy groups -OCH3 is 1. The Morgan fingerprint density at radius 2 is 1.94 bits per heavy atom. The molecule has 1 amide bonds. The average Bonchev–Trinajstić information content (AvgIpc) is 2.22. The van der Waals surface area contributed by atoms with Gasteiger partial charge in [-0.1, -0.05) is 0 Å². The van der Waals surface area contributed by atoms with E-state index in [1.54, 1.807) is 0 Å². The third-order valence-corrected chi connectivity index (χ3v) is 1.97. The summed E-state index contributed by atoms with van der Waals surface area (Å²) in [6.45, 7) is 1.28. The number of carbonyl (C=O) groups excluding carboxylic acids is 2. The lowest BCUT2D eigenvalue weighted by atomic mass is 10.1. The summed E-state index contributed by atoms with van der Waals surface area (Å²) in [5, 5.41) is 19.8. The lowest BCUT2D eigenvalue weighted by Crippen LogP contribution is -2.53. The van der Waals surface area contributed by atoms with Gasteiger partial charge in [0, 0.05) is 0 Å². The summed E-state index contributed by atoms with van der Waals surface area (Å²) in [5.74, 6) is -2.92. The molecular weight excluding hydrogens is 232 g/mol. The second kappa shape index (κ2) is 6.81. The van der Waals surface area contributed by atoms with Gasteiger partial charge in [0.2, 0.25) is 5.91 Å². The first-order chi connectivity index (χ1) is 7.79. The Morgan fingerprint density at radius 1 is 1.41 bits per heavy atom. The van der Waals surface area contributed by atoms with E-state index in [-0.39, 0.29) is 0 Å². The van der Waals surface area contributed by atoms with Gasteiger partial charge >= 0.3 is 11.9 Å². The van der Waals surface area contributed by atoms with Gasteiger partial charge in [-0.05, 0) is 6.92 Å². The van der Waals surface area contributed by atoms with E-state index in [1.165, 1.54) is 6.92 Å². The van der Waals surface area contributed by atoms with Gasteiger partial charge in [0.15, 0.2) is 6.04 Å². The first kappa shape index (κ1) is 15.3. The van der Waals surface area contributed by atoms with Gasteiger partial charge in [0.1, 0.15) is 0 Å². The molecule has 17 heavy (non-hydrogen) atoms. The molecule has 0 heterocycles. The van der Waals surface area contributed by atoms with Gasteiger partial charge in [-0.3, -0.25) is 9.59 Å². The zero-order valence-electron chi connectivity index (χ0n) is 9.54. The molecule has 0 radical (unpaired) electrons. The van der Waals surface area contributed by atoms with Gasteiger partial charge in [-0.15, -0.1) is 0 Å². The van der Waals surface area contributed by atoms with Crippen molar-refractivity contribution in [1.82, 2.24) is 5.32 Å². The van der Waals surface area contributed by atoms with Crippen LogP contribution in [0.1, 0.15) is 13.3 Å². The van der Waals surface area contributed by atoms with Crippen molar-refractivity contribution in [1.29, 1.82) is 0 Å². The third-order valence-electron chi connectivity index (χ3n) is 1.97. The summed E-state index contributed by atoms with van der Waals surface area (Å²) < 4.78 is 4.36. The van der Waals surface area contributed by atoms with E-state index >= 15 is 0 Å². The van der Waals surface area contributed by atoms with E-state index in [9.17, 15) is 19.5 Å². The highest BCUT2D eigenvalue weighted by atomic mass is 16.5. The quantitative estimate of drug-likeness (QED) is 0.392. The molecule has 0 saturated carbocycles. The maximum Gasteiger partial charge on any atom is 0.331 e. The minimum Gasteiger partial charge on any atom is -0.481 e. The normalized spacial score (nSPS) is 15.5. The van der Waals surface area contributed by atoms with Gasteiger partial charge in [0.25, 0.3) is 0 Å². The molecule has 0 aromatic heterocycles. The molecule has 0 aliphatic heterocycles. The van der Waals surface area contributed by atoms with Gasteiger partial charge in [0.05, 0.1) is 25.7 Å². The number of carbonyl (C=O) groups is 3. The van der Waals surface area contributed by atoms with Crippen LogP contribution in [0.5, 0.6) is 0 Å². The molecular formula is C9H16N2O6. The minimum absolute atomic E-state index is 0.570. The van der Waals surface area contributed by atoms with Gasteiger partial charge in [-0.2, -0.15) is 0 Å². The molecule has 0 aromatic carbocycles. The monoisotopic (exact) mass is 248 g/mol. The highest BCUT2D eigenvalue weighted by molar-refractivity contribution is 5.90. The number of hydrogen-bond acceptors (Lipinski definition) is 6. The fourth-order valence-electron chi connectivity index (χ4n) is 1.04. The number of aliphatic hydroxyl groups is 1. The van der Waals surface area contributed by atoms with Crippen LogP contribution in [0.15, 0.2) is 0 Å². The predicted molar refractivity (Wildman–Crippen MR) is 55.9 cm³/mol. The number of ether oxygens (including phenoxy) is 1. The Balaban J connectivity index is 4.50. The molecule has 0 bridgehead atoms. The molecule has 0 aromatic rings. The van der Waals surface area contributed by atoms with Crippen LogP contribution in [0.2, 0.25) is 0 Å². The van der Waals surface area contributed by atoms with Gasteiger partial charge < -0.3 is 26.0 Å². The first-order valence-electron chi connectivity index (χ1n) is 4.83. The highest BCUT2D eigenvalue weighted by Crippen LogP contribution is 1.98. The summed E-state index contributed by atoms with van der Waals surface area (Å²) in [6, 6.07) is -2.56. The van der Waals surface area contributed by atoms with Crippen LogP contribution in [-0.2, 0) is 19.1 Å². The fraction of sp³-hybridized carbons (Fsp3) is 0.667. The number of aliphatic carboxylic acids is 1. The molecule has 0 aliphatic carbocycles. The number of aliphatic hydroxyl groups excluding tert-OH is 1. The summed E-state index contributed by atoms with van der Waals surface area (Å²) in [4.78, 5) is 32.9. The number of rotatable bonds is 6. The van der Waals surface area contributed by atoms with E-state index in [0.29, 0.717) is 0 Å².